The molecule has 2 nitrogen and oxygen atoms in total. The molecular formula is C41H28N2S. The Morgan fingerprint density at radius 2 is 0.841 bits per heavy atom. The quantitative estimate of drug-likeness (QED) is 0.194. The van der Waals surface area contributed by atoms with E-state index in [1.54, 1.807) is 11.3 Å². The van der Waals surface area contributed by atoms with Crippen LogP contribution in [0.2, 0.25) is 0 Å². The molecule has 44 heavy (non-hydrogen) atoms. The summed E-state index contributed by atoms with van der Waals surface area (Å²) >= 11 is 1.80. The maximum Gasteiger partial charge on any atom is 0.0709 e. The summed E-state index contributed by atoms with van der Waals surface area (Å²) in [5.41, 5.74) is 10.2. The van der Waals surface area contributed by atoms with Crippen molar-refractivity contribution in [3.05, 3.63) is 170 Å². The Balaban J connectivity index is 1.17. The van der Waals surface area contributed by atoms with Gasteiger partial charge < -0.3 is 4.90 Å². The molecule has 0 amide bonds. The number of rotatable bonds is 6. The van der Waals surface area contributed by atoms with E-state index in [-0.39, 0.29) is 0 Å². The molecule has 8 rings (SSSR count). The topological polar surface area (TPSA) is 16.1 Å². The summed E-state index contributed by atoms with van der Waals surface area (Å²) in [6, 6.07) is 58.3. The van der Waals surface area contributed by atoms with Gasteiger partial charge in [-0.25, -0.2) is 0 Å². The highest BCUT2D eigenvalue weighted by Gasteiger charge is 2.14. The second-order valence-corrected chi connectivity index (χ2v) is 12.0. The minimum Gasteiger partial charge on any atom is -0.311 e. The van der Waals surface area contributed by atoms with E-state index >= 15 is 0 Å². The van der Waals surface area contributed by atoms with Crippen LogP contribution in [0.3, 0.4) is 0 Å². The molecule has 6 aromatic carbocycles. The number of thiophene rings is 1. The monoisotopic (exact) mass is 580 g/mol. The smallest absolute Gasteiger partial charge is 0.0709 e. The van der Waals surface area contributed by atoms with Crippen molar-refractivity contribution in [1.29, 1.82) is 0 Å². The van der Waals surface area contributed by atoms with Crippen LogP contribution in [-0.4, -0.2) is 4.98 Å². The lowest BCUT2D eigenvalue weighted by Crippen LogP contribution is -2.09. The lowest BCUT2D eigenvalue weighted by molar-refractivity contribution is 1.28. The Labute approximate surface area is 261 Å². The van der Waals surface area contributed by atoms with Crippen molar-refractivity contribution >= 4 is 48.6 Å². The van der Waals surface area contributed by atoms with E-state index in [4.69, 9.17) is 4.98 Å². The lowest BCUT2D eigenvalue weighted by Gasteiger charge is -2.26. The number of benzene rings is 6. The van der Waals surface area contributed by atoms with Crippen molar-refractivity contribution in [3.8, 4) is 33.5 Å². The molecular weight excluding hydrogens is 553 g/mol. The summed E-state index contributed by atoms with van der Waals surface area (Å²) < 4.78 is 2.51. The van der Waals surface area contributed by atoms with Crippen LogP contribution in [0.15, 0.2) is 170 Å². The van der Waals surface area contributed by atoms with Gasteiger partial charge in [-0.3, -0.25) is 4.98 Å². The average Bonchev–Trinajstić information content (AvgIpc) is 3.48. The van der Waals surface area contributed by atoms with Crippen molar-refractivity contribution in [2.75, 3.05) is 4.90 Å². The van der Waals surface area contributed by atoms with Gasteiger partial charge in [0.25, 0.3) is 0 Å². The fourth-order valence-electron chi connectivity index (χ4n) is 5.88. The minimum absolute atomic E-state index is 0.985. The highest BCUT2D eigenvalue weighted by Crippen LogP contribution is 2.39. The first-order chi connectivity index (χ1) is 21.8. The van der Waals surface area contributed by atoms with Crippen molar-refractivity contribution in [3.63, 3.8) is 0 Å². The molecule has 3 heteroatoms. The predicted molar refractivity (Wildman–Crippen MR) is 188 cm³/mol. The molecule has 2 aromatic heterocycles. The summed E-state index contributed by atoms with van der Waals surface area (Å²) in [4.78, 5) is 7.15. The number of fused-ring (bicyclic) bond motifs is 3. The Morgan fingerprint density at radius 1 is 0.386 bits per heavy atom. The third-order valence-electron chi connectivity index (χ3n) is 8.15. The molecule has 0 unspecified atom stereocenters. The third-order valence-corrected chi connectivity index (χ3v) is 9.27. The average molecular weight is 581 g/mol. The van der Waals surface area contributed by atoms with Gasteiger partial charge in [0.15, 0.2) is 0 Å². The molecule has 0 aliphatic rings. The van der Waals surface area contributed by atoms with E-state index in [2.05, 4.69) is 169 Å². The zero-order valence-electron chi connectivity index (χ0n) is 24.0. The Kier molecular flexibility index (Phi) is 6.71. The van der Waals surface area contributed by atoms with Gasteiger partial charge >= 0.3 is 0 Å². The molecule has 2 heterocycles. The van der Waals surface area contributed by atoms with Gasteiger partial charge in [-0.15, -0.1) is 11.3 Å². The normalized spacial score (nSPS) is 11.2. The number of hydrogen-bond donors (Lipinski definition) is 0. The van der Waals surface area contributed by atoms with Gasteiger partial charge in [-0.05, 0) is 70.8 Å². The molecule has 208 valence electrons. The Hall–Kier alpha value is -5.51. The van der Waals surface area contributed by atoms with Crippen LogP contribution in [0, 0.1) is 0 Å². The zero-order valence-corrected chi connectivity index (χ0v) is 24.8. The molecule has 0 atom stereocenters. The van der Waals surface area contributed by atoms with E-state index in [9.17, 15) is 0 Å². The summed E-state index contributed by atoms with van der Waals surface area (Å²) in [5, 5.41) is 2.55. The van der Waals surface area contributed by atoms with Gasteiger partial charge in [0, 0.05) is 44.3 Å². The van der Waals surface area contributed by atoms with Gasteiger partial charge in [0.2, 0.25) is 0 Å². The number of aromatic nitrogens is 1. The van der Waals surface area contributed by atoms with Crippen LogP contribution in [0.4, 0.5) is 17.1 Å². The highest BCUT2D eigenvalue weighted by atomic mass is 32.1. The second-order valence-electron chi connectivity index (χ2n) is 10.9. The maximum atomic E-state index is 4.84. The van der Waals surface area contributed by atoms with E-state index in [1.165, 1.54) is 42.4 Å². The summed E-state index contributed by atoms with van der Waals surface area (Å²) in [6.07, 6.45) is 2.01. The second kappa shape index (κ2) is 11.3. The summed E-state index contributed by atoms with van der Waals surface area (Å²) in [7, 11) is 0. The SMILES string of the molecule is c1ccc(-c2ccc(N(c3ccc(-c4ccccc4)cc3)c3ccc(-c4cc5c(cn4)sc4ccccc45)cc3)cc2)cc1. The highest BCUT2D eigenvalue weighted by molar-refractivity contribution is 7.25. The number of pyridine rings is 1. The number of nitrogens with zero attached hydrogens (tertiary/aromatic N) is 2. The predicted octanol–water partition coefficient (Wildman–Crippen LogP) is 11.9. The van der Waals surface area contributed by atoms with E-state index < -0.39 is 0 Å². The standard InChI is InChI=1S/C41H28N2S/c1-3-9-29(10-4-1)31-15-21-34(22-16-31)43(35-23-17-32(18-24-35)30-11-5-2-6-12-30)36-25-19-33(20-26-36)39-27-38-37-13-7-8-14-40(37)44-41(38)28-42-39/h1-28H. The first-order valence-corrected chi connectivity index (χ1v) is 15.6. The molecule has 0 bridgehead atoms. The van der Waals surface area contributed by atoms with Crippen LogP contribution in [0.25, 0.3) is 53.7 Å². The van der Waals surface area contributed by atoms with Crippen molar-refractivity contribution in [2.45, 2.75) is 0 Å². The minimum atomic E-state index is 0.985. The molecule has 0 saturated carbocycles. The molecule has 0 saturated heterocycles. The van der Waals surface area contributed by atoms with E-state index in [1.807, 2.05) is 6.20 Å². The number of hydrogen-bond acceptors (Lipinski definition) is 3. The maximum absolute atomic E-state index is 4.84. The first kappa shape index (κ1) is 26.1. The molecule has 0 fully saturated rings. The molecule has 0 spiro atoms. The summed E-state index contributed by atoms with van der Waals surface area (Å²) in [5.74, 6) is 0. The number of anilines is 3. The summed E-state index contributed by atoms with van der Waals surface area (Å²) in [6.45, 7) is 0. The Morgan fingerprint density at radius 3 is 1.39 bits per heavy atom. The van der Waals surface area contributed by atoms with E-state index in [0.29, 0.717) is 0 Å². The fraction of sp³-hybridized carbons (Fsp3) is 0. The van der Waals surface area contributed by atoms with Crippen molar-refractivity contribution < 1.29 is 0 Å². The zero-order chi connectivity index (χ0) is 29.3. The van der Waals surface area contributed by atoms with Crippen LogP contribution in [0.1, 0.15) is 0 Å². The fourth-order valence-corrected chi connectivity index (χ4v) is 6.94. The largest absolute Gasteiger partial charge is 0.311 e. The molecule has 0 N–H and O–H groups in total. The van der Waals surface area contributed by atoms with Crippen LogP contribution in [0.5, 0.6) is 0 Å². The van der Waals surface area contributed by atoms with Crippen molar-refractivity contribution in [1.82, 2.24) is 4.98 Å². The molecule has 8 aromatic rings. The van der Waals surface area contributed by atoms with Gasteiger partial charge in [-0.1, -0.05) is 115 Å². The van der Waals surface area contributed by atoms with E-state index in [0.717, 1.165) is 28.3 Å². The lowest BCUT2D eigenvalue weighted by atomic mass is 10.0. The molecule has 0 aliphatic heterocycles. The van der Waals surface area contributed by atoms with Gasteiger partial charge in [-0.2, -0.15) is 0 Å². The van der Waals surface area contributed by atoms with Crippen LogP contribution >= 0.6 is 11.3 Å². The van der Waals surface area contributed by atoms with Crippen LogP contribution < -0.4 is 4.90 Å². The third kappa shape index (κ3) is 4.94. The van der Waals surface area contributed by atoms with Gasteiger partial charge in [0.1, 0.15) is 0 Å². The van der Waals surface area contributed by atoms with Gasteiger partial charge in [0.05, 0.1) is 10.4 Å². The molecule has 0 radical (unpaired) electrons. The molecule has 0 aliphatic carbocycles. The first-order valence-electron chi connectivity index (χ1n) is 14.8. The van der Waals surface area contributed by atoms with Crippen molar-refractivity contribution in [2.24, 2.45) is 0 Å². The Bertz CT molecular complexity index is 2100. The van der Waals surface area contributed by atoms with Crippen LogP contribution in [-0.2, 0) is 0 Å².